The topological polar surface area (TPSA) is 67.2 Å². The number of amides is 1. The number of halogens is 1. The molecule has 1 fully saturated rings. The summed E-state index contributed by atoms with van der Waals surface area (Å²) >= 11 is 5.96. The van der Waals surface area contributed by atoms with Crippen LogP contribution in [0.4, 0.5) is 5.69 Å². The lowest BCUT2D eigenvalue weighted by Crippen LogP contribution is -2.33. The van der Waals surface area contributed by atoms with Crippen molar-refractivity contribution < 1.29 is 4.79 Å². The van der Waals surface area contributed by atoms with Gasteiger partial charge in [-0.3, -0.25) is 9.59 Å². The molecule has 0 bridgehead atoms. The second kappa shape index (κ2) is 6.06. The first-order valence-corrected chi connectivity index (χ1v) is 6.78. The van der Waals surface area contributed by atoms with E-state index in [1.165, 1.54) is 10.9 Å². The Kier molecular flexibility index (Phi) is 4.42. The van der Waals surface area contributed by atoms with Crippen molar-refractivity contribution in [2.75, 3.05) is 25.0 Å². The molecular formula is C12H17ClN4O2. The van der Waals surface area contributed by atoms with Crippen molar-refractivity contribution in [3.05, 3.63) is 21.6 Å². The van der Waals surface area contributed by atoms with Crippen LogP contribution in [-0.2, 0) is 11.3 Å². The molecule has 1 aromatic heterocycles. The second-order valence-corrected chi connectivity index (χ2v) is 4.81. The molecule has 0 spiro atoms. The van der Waals surface area contributed by atoms with Gasteiger partial charge in [0.1, 0.15) is 5.02 Å². The summed E-state index contributed by atoms with van der Waals surface area (Å²) < 4.78 is 1.27. The highest BCUT2D eigenvalue weighted by Gasteiger charge is 2.18. The van der Waals surface area contributed by atoms with Crippen molar-refractivity contribution in [2.45, 2.75) is 26.3 Å². The molecule has 0 aliphatic carbocycles. The Balaban J connectivity index is 2.01. The van der Waals surface area contributed by atoms with Gasteiger partial charge < -0.3 is 10.2 Å². The van der Waals surface area contributed by atoms with Crippen LogP contribution in [0, 0.1) is 0 Å². The molecule has 1 amide bonds. The SMILES string of the molecule is CCn1ncc(NCC(=O)N2CCCC2)c(Cl)c1=O. The lowest BCUT2D eigenvalue weighted by molar-refractivity contribution is -0.128. The summed E-state index contributed by atoms with van der Waals surface area (Å²) in [5.41, 5.74) is 0.0618. The predicted octanol–water partition coefficient (Wildman–Crippen LogP) is 0.951. The number of anilines is 1. The molecule has 1 aromatic rings. The standard InChI is InChI=1S/C12H17ClN4O2/c1-2-17-12(19)11(13)9(7-15-17)14-8-10(18)16-5-3-4-6-16/h7,14H,2-6,8H2,1H3. The molecule has 1 saturated heterocycles. The number of carbonyl (C=O) groups is 1. The fourth-order valence-corrected chi connectivity index (χ4v) is 2.28. The average molecular weight is 285 g/mol. The maximum absolute atomic E-state index is 11.9. The Morgan fingerprint density at radius 3 is 2.79 bits per heavy atom. The number of rotatable bonds is 4. The number of aromatic nitrogens is 2. The number of aryl methyl sites for hydroxylation is 1. The van der Waals surface area contributed by atoms with Gasteiger partial charge in [0.25, 0.3) is 5.56 Å². The molecule has 0 unspecified atom stereocenters. The Bertz CT molecular complexity index is 523. The van der Waals surface area contributed by atoms with Crippen molar-refractivity contribution in [1.82, 2.24) is 14.7 Å². The van der Waals surface area contributed by atoms with E-state index in [1.54, 1.807) is 0 Å². The molecule has 0 saturated carbocycles. The van der Waals surface area contributed by atoms with Gasteiger partial charge in [-0.25, -0.2) is 4.68 Å². The van der Waals surface area contributed by atoms with Gasteiger partial charge in [-0.2, -0.15) is 5.10 Å². The van der Waals surface area contributed by atoms with E-state index in [0.29, 0.717) is 12.2 Å². The molecular weight excluding hydrogens is 268 g/mol. The summed E-state index contributed by atoms with van der Waals surface area (Å²) in [5.74, 6) is 0.0215. The van der Waals surface area contributed by atoms with Gasteiger partial charge >= 0.3 is 0 Å². The van der Waals surface area contributed by atoms with Crippen molar-refractivity contribution in [3.8, 4) is 0 Å². The third kappa shape index (κ3) is 3.07. The Morgan fingerprint density at radius 2 is 2.16 bits per heavy atom. The van der Waals surface area contributed by atoms with Crippen LogP contribution in [0.2, 0.25) is 5.02 Å². The van der Waals surface area contributed by atoms with E-state index in [-0.39, 0.29) is 23.0 Å². The maximum atomic E-state index is 11.9. The predicted molar refractivity (Wildman–Crippen MR) is 73.5 cm³/mol. The van der Waals surface area contributed by atoms with Crippen LogP contribution in [0.25, 0.3) is 0 Å². The summed E-state index contributed by atoms with van der Waals surface area (Å²) in [7, 11) is 0. The first-order valence-electron chi connectivity index (χ1n) is 6.40. The van der Waals surface area contributed by atoms with Crippen LogP contribution in [0.3, 0.4) is 0 Å². The molecule has 104 valence electrons. The normalized spacial score (nSPS) is 14.7. The molecule has 0 atom stereocenters. The third-order valence-electron chi connectivity index (χ3n) is 3.17. The van der Waals surface area contributed by atoms with Crippen LogP contribution in [0.15, 0.2) is 11.0 Å². The molecule has 7 heteroatoms. The molecule has 19 heavy (non-hydrogen) atoms. The smallest absolute Gasteiger partial charge is 0.287 e. The van der Waals surface area contributed by atoms with Gasteiger partial charge in [-0.1, -0.05) is 11.6 Å². The van der Waals surface area contributed by atoms with Crippen LogP contribution >= 0.6 is 11.6 Å². The van der Waals surface area contributed by atoms with Crippen molar-refractivity contribution in [2.24, 2.45) is 0 Å². The van der Waals surface area contributed by atoms with Crippen LogP contribution in [0.5, 0.6) is 0 Å². The van der Waals surface area contributed by atoms with Gasteiger partial charge in [0.15, 0.2) is 0 Å². The molecule has 2 rings (SSSR count). The van der Waals surface area contributed by atoms with E-state index < -0.39 is 0 Å². The Morgan fingerprint density at radius 1 is 1.47 bits per heavy atom. The minimum absolute atomic E-state index is 0.0215. The van der Waals surface area contributed by atoms with E-state index in [4.69, 9.17) is 11.6 Å². The number of carbonyl (C=O) groups excluding carboxylic acids is 1. The molecule has 1 aliphatic rings. The minimum atomic E-state index is -0.345. The number of nitrogens with zero attached hydrogens (tertiary/aromatic N) is 3. The molecule has 6 nitrogen and oxygen atoms in total. The summed E-state index contributed by atoms with van der Waals surface area (Å²) in [6, 6.07) is 0. The number of likely N-dealkylation sites (tertiary alicyclic amines) is 1. The third-order valence-corrected chi connectivity index (χ3v) is 3.54. The first-order chi connectivity index (χ1) is 9.13. The molecule has 2 heterocycles. The molecule has 1 N–H and O–H groups in total. The molecule has 0 radical (unpaired) electrons. The monoisotopic (exact) mass is 284 g/mol. The Hall–Kier alpha value is -1.56. The lowest BCUT2D eigenvalue weighted by atomic mass is 10.4. The van der Waals surface area contributed by atoms with E-state index in [1.807, 2.05) is 11.8 Å². The largest absolute Gasteiger partial charge is 0.373 e. The van der Waals surface area contributed by atoms with Gasteiger partial charge in [0, 0.05) is 19.6 Å². The van der Waals surface area contributed by atoms with Gasteiger partial charge in [0.2, 0.25) is 5.91 Å². The molecule has 0 aromatic carbocycles. The van der Waals surface area contributed by atoms with Gasteiger partial charge in [-0.05, 0) is 19.8 Å². The highest BCUT2D eigenvalue weighted by Crippen LogP contribution is 2.15. The maximum Gasteiger partial charge on any atom is 0.287 e. The fraction of sp³-hybridized carbons (Fsp3) is 0.583. The van der Waals surface area contributed by atoms with Crippen LogP contribution in [0.1, 0.15) is 19.8 Å². The summed E-state index contributed by atoms with van der Waals surface area (Å²) in [5, 5.41) is 6.92. The van der Waals surface area contributed by atoms with E-state index in [2.05, 4.69) is 10.4 Å². The van der Waals surface area contributed by atoms with Crippen LogP contribution < -0.4 is 10.9 Å². The zero-order chi connectivity index (χ0) is 13.8. The summed E-state index contributed by atoms with van der Waals surface area (Å²) in [6.45, 7) is 4.03. The lowest BCUT2D eigenvalue weighted by Gasteiger charge is -2.16. The fourth-order valence-electron chi connectivity index (χ4n) is 2.06. The van der Waals surface area contributed by atoms with Crippen LogP contribution in [-0.4, -0.2) is 40.2 Å². The number of nitrogens with one attached hydrogen (secondary N) is 1. The first kappa shape index (κ1) is 13.9. The summed E-state index contributed by atoms with van der Waals surface area (Å²) in [4.78, 5) is 25.4. The zero-order valence-electron chi connectivity index (χ0n) is 10.9. The molecule has 1 aliphatic heterocycles. The zero-order valence-corrected chi connectivity index (χ0v) is 11.6. The van der Waals surface area contributed by atoms with Crippen molar-refractivity contribution >= 4 is 23.2 Å². The Labute approximate surface area is 116 Å². The summed E-state index contributed by atoms with van der Waals surface area (Å²) in [6.07, 6.45) is 3.59. The average Bonchev–Trinajstić information content (AvgIpc) is 2.94. The quantitative estimate of drug-likeness (QED) is 0.894. The van der Waals surface area contributed by atoms with E-state index >= 15 is 0 Å². The van der Waals surface area contributed by atoms with Gasteiger partial charge in [0.05, 0.1) is 18.4 Å². The highest BCUT2D eigenvalue weighted by molar-refractivity contribution is 6.33. The second-order valence-electron chi connectivity index (χ2n) is 4.43. The minimum Gasteiger partial charge on any atom is -0.373 e. The van der Waals surface area contributed by atoms with E-state index in [0.717, 1.165) is 25.9 Å². The van der Waals surface area contributed by atoms with Crippen molar-refractivity contribution in [1.29, 1.82) is 0 Å². The van der Waals surface area contributed by atoms with E-state index in [9.17, 15) is 9.59 Å². The highest BCUT2D eigenvalue weighted by atomic mass is 35.5. The van der Waals surface area contributed by atoms with Gasteiger partial charge in [-0.15, -0.1) is 0 Å². The van der Waals surface area contributed by atoms with Crippen molar-refractivity contribution in [3.63, 3.8) is 0 Å². The number of hydrogen-bond donors (Lipinski definition) is 1. The number of hydrogen-bond acceptors (Lipinski definition) is 4.